The molecule has 0 fully saturated rings. The molecule has 2 rings (SSSR count). The van der Waals surface area contributed by atoms with Crippen LogP contribution in [-0.2, 0) is 14.3 Å². The third kappa shape index (κ3) is 1.46. The fourth-order valence-corrected chi connectivity index (χ4v) is 1.28. The van der Waals surface area contributed by atoms with Gasteiger partial charge in [-0.25, -0.2) is 11.4 Å². The maximum absolute atomic E-state index is 10.8. The number of hydrogen-bond donors (Lipinski definition) is 0. The summed E-state index contributed by atoms with van der Waals surface area (Å²) in [4.78, 5) is 14.0. The van der Waals surface area contributed by atoms with Gasteiger partial charge in [0.1, 0.15) is 6.10 Å². The summed E-state index contributed by atoms with van der Waals surface area (Å²) < 4.78 is 10.2. The molecule has 4 heteroatoms. The van der Waals surface area contributed by atoms with Crippen molar-refractivity contribution in [2.75, 3.05) is 0 Å². The predicted octanol–water partition coefficient (Wildman–Crippen LogP) is 0.668. The lowest BCUT2D eigenvalue weighted by Gasteiger charge is -2.27. The molecule has 0 aromatic rings. The van der Waals surface area contributed by atoms with E-state index in [0.29, 0.717) is 0 Å². The van der Waals surface area contributed by atoms with E-state index in [4.69, 9.17) is 16.0 Å². The van der Waals surface area contributed by atoms with Crippen LogP contribution in [0.2, 0.25) is 0 Å². The summed E-state index contributed by atoms with van der Waals surface area (Å²) in [6, 6.07) is 0. The van der Waals surface area contributed by atoms with E-state index in [-0.39, 0.29) is 18.2 Å². The van der Waals surface area contributed by atoms with Crippen LogP contribution in [-0.4, -0.2) is 24.4 Å². The topological polar surface area (TPSA) is 39.9 Å². The highest BCUT2D eigenvalue weighted by Gasteiger charge is 2.32. The number of nitrogens with zero attached hydrogens (tertiary/aromatic N) is 1. The van der Waals surface area contributed by atoms with E-state index in [1.165, 1.54) is 6.08 Å². The number of carbonyl (C=O) groups excluding carboxylic acids is 1. The first-order valence-electron chi connectivity index (χ1n) is 3.89. The Morgan fingerprint density at radius 1 is 1.31 bits per heavy atom. The zero-order valence-electron chi connectivity index (χ0n) is 6.71. The number of hydrogen-bond acceptors (Lipinski definition) is 3. The third-order valence-corrected chi connectivity index (χ3v) is 1.89. The number of ether oxygens (including phenoxy) is 2. The van der Waals surface area contributed by atoms with Gasteiger partial charge in [-0.15, -0.1) is 0 Å². The Labute approximate surface area is 75.3 Å². The molecule has 13 heavy (non-hydrogen) atoms. The Kier molecular flexibility index (Phi) is 1.87. The van der Waals surface area contributed by atoms with Crippen molar-refractivity contribution in [3.63, 3.8) is 0 Å². The van der Waals surface area contributed by atoms with E-state index in [1.54, 1.807) is 18.2 Å². The Morgan fingerprint density at radius 3 is 2.92 bits per heavy atom. The smallest absolute Gasteiger partial charge is 0.348 e. The van der Waals surface area contributed by atoms with Crippen molar-refractivity contribution >= 4 is 5.97 Å². The summed E-state index contributed by atoms with van der Waals surface area (Å²) in [5.41, 5.74) is 0. The molecule has 0 unspecified atom stereocenters. The Balaban J connectivity index is 2.18. The van der Waals surface area contributed by atoms with Crippen molar-refractivity contribution in [1.29, 1.82) is 0 Å². The van der Waals surface area contributed by atoms with E-state index in [9.17, 15) is 4.79 Å². The van der Waals surface area contributed by atoms with Gasteiger partial charge in [0.05, 0.1) is 0 Å². The molecule has 0 aliphatic carbocycles. The fourth-order valence-electron chi connectivity index (χ4n) is 1.28. The molecule has 0 aromatic heterocycles. The quantitative estimate of drug-likeness (QED) is 0.310. The minimum Gasteiger partial charge on any atom is -0.452 e. The highest BCUT2D eigenvalue weighted by molar-refractivity contribution is 5.83. The maximum Gasteiger partial charge on any atom is 0.348 e. The van der Waals surface area contributed by atoms with Gasteiger partial charge in [0, 0.05) is 12.2 Å². The average Bonchev–Trinajstić information content (AvgIpc) is 2.17. The number of rotatable bonds is 0. The van der Waals surface area contributed by atoms with Gasteiger partial charge >= 0.3 is 12.2 Å². The molecule has 0 saturated carbocycles. The zero-order chi connectivity index (χ0) is 9.26. The van der Waals surface area contributed by atoms with Crippen molar-refractivity contribution in [2.24, 2.45) is 0 Å². The second-order valence-electron chi connectivity index (χ2n) is 2.77. The lowest BCUT2D eigenvalue weighted by Crippen LogP contribution is -2.38. The number of esters is 1. The summed E-state index contributed by atoms with van der Waals surface area (Å²) in [5.74, 6) is -0.365. The minimum absolute atomic E-state index is 0.304. The first-order chi connectivity index (χ1) is 6.29. The van der Waals surface area contributed by atoms with Gasteiger partial charge in [0.25, 0.3) is 0 Å². The van der Waals surface area contributed by atoms with E-state index in [1.807, 2.05) is 0 Å². The van der Waals surface area contributed by atoms with Crippen molar-refractivity contribution in [3.8, 4) is 0 Å². The molecule has 0 bridgehead atoms. The monoisotopic (exact) mass is 177 g/mol. The van der Waals surface area contributed by atoms with Crippen LogP contribution in [0.5, 0.6) is 0 Å². The summed E-state index contributed by atoms with van der Waals surface area (Å²) in [6.45, 7) is 6.76. The van der Waals surface area contributed by atoms with E-state index in [0.717, 1.165) is 0 Å². The van der Waals surface area contributed by atoms with Crippen molar-refractivity contribution < 1.29 is 14.3 Å². The zero-order valence-corrected chi connectivity index (χ0v) is 6.71. The van der Waals surface area contributed by atoms with Crippen molar-refractivity contribution in [3.05, 3.63) is 35.7 Å². The van der Waals surface area contributed by atoms with Crippen LogP contribution < -0.4 is 0 Å². The molecule has 0 aromatic carbocycles. The Bertz CT molecular complexity index is 326. The van der Waals surface area contributed by atoms with Crippen molar-refractivity contribution in [1.82, 2.24) is 0 Å². The molecule has 0 N–H and O–H groups in total. The van der Waals surface area contributed by atoms with Crippen LogP contribution in [0.15, 0.2) is 24.3 Å². The highest BCUT2D eigenvalue weighted by Crippen LogP contribution is 2.20. The summed E-state index contributed by atoms with van der Waals surface area (Å²) in [5, 5.41) is 0. The second-order valence-corrected chi connectivity index (χ2v) is 2.77. The Morgan fingerprint density at radius 2 is 2.15 bits per heavy atom. The van der Waals surface area contributed by atoms with Gasteiger partial charge in [0.15, 0.2) is 6.10 Å². The molecule has 0 saturated heterocycles. The SMILES string of the molecule is [C-]#[N+][C@@H]1C=C[C@H]2OC(=O)C=C[C@H]2O1. The molecule has 3 atom stereocenters. The molecule has 0 radical (unpaired) electrons. The first kappa shape index (κ1) is 8.02. The second kappa shape index (κ2) is 3.04. The Hall–Kier alpha value is -1.60. The van der Waals surface area contributed by atoms with E-state index in [2.05, 4.69) is 4.85 Å². The minimum atomic E-state index is -0.553. The molecule has 0 spiro atoms. The molecular weight excluding hydrogens is 170 g/mol. The summed E-state index contributed by atoms with van der Waals surface area (Å²) >= 11 is 0. The lowest BCUT2D eigenvalue weighted by molar-refractivity contribution is -0.149. The van der Waals surface area contributed by atoms with Crippen LogP contribution >= 0.6 is 0 Å². The van der Waals surface area contributed by atoms with Gasteiger partial charge in [-0.1, -0.05) is 0 Å². The largest absolute Gasteiger partial charge is 0.452 e. The standard InChI is InChI=1S/C9H7NO3/c1-10-8-4-2-7-6(12-8)3-5-9(11)13-7/h2-8H/t6-,7-,8+/m1/s1. The molecule has 66 valence electrons. The number of fused-ring (bicyclic) bond motifs is 1. The normalized spacial score (nSPS) is 36.2. The summed E-state index contributed by atoms with van der Waals surface area (Å²) in [7, 11) is 0. The van der Waals surface area contributed by atoms with Gasteiger partial charge in [-0.3, -0.25) is 9.58 Å². The van der Waals surface area contributed by atoms with Gasteiger partial charge in [-0.05, 0) is 12.2 Å². The molecule has 4 nitrogen and oxygen atoms in total. The maximum atomic E-state index is 10.8. The lowest BCUT2D eigenvalue weighted by atomic mass is 10.1. The van der Waals surface area contributed by atoms with Crippen LogP contribution in [0.3, 0.4) is 0 Å². The van der Waals surface area contributed by atoms with Gasteiger partial charge < -0.3 is 4.74 Å². The van der Waals surface area contributed by atoms with E-state index < -0.39 is 6.23 Å². The third-order valence-electron chi connectivity index (χ3n) is 1.89. The highest BCUT2D eigenvalue weighted by atomic mass is 16.6. The van der Waals surface area contributed by atoms with Crippen molar-refractivity contribution in [2.45, 2.75) is 18.4 Å². The first-order valence-corrected chi connectivity index (χ1v) is 3.89. The fraction of sp³-hybridized carbons (Fsp3) is 0.333. The van der Waals surface area contributed by atoms with Gasteiger partial charge in [-0.2, -0.15) is 0 Å². The molecule has 0 amide bonds. The van der Waals surface area contributed by atoms with Crippen LogP contribution in [0.1, 0.15) is 0 Å². The van der Waals surface area contributed by atoms with Crippen LogP contribution in [0.25, 0.3) is 4.85 Å². The molecule has 2 aliphatic rings. The number of carbonyl (C=O) groups is 1. The molecule has 2 heterocycles. The molecule has 2 aliphatic heterocycles. The predicted molar refractivity (Wildman–Crippen MR) is 43.4 cm³/mol. The average molecular weight is 177 g/mol. The van der Waals surface area contributed by atoms with Gasteiger partial charge in [0.2, 0.25) is 0 Å². The van der Waals surface area contributed by atoms with E-state index >= 15 is 0 Å². The van der Waals surface area contributed by atoms with Crippen LogP contribution in [0, 0.1) is 6.57 Å². The molecular formula is C9H7NO3. The van der Waals surface area contributed by atoms with Crippen LogP contribution in [0.4, 0.5) is 0 Å². The summed E-state index contributed by atoms with van der Waals surface area (Å²) in [6.07, 6.45) is 5.01.